The fourth-order valence-electron chi connectivity index (χ4n) is 1.23. The van der Waals surface area contributed by atoms with Crippen LogP contribution in [0.5, 0.6) is 0 Å². The molecular formula is C11H19N5O. The number of hydrogen-bond acceptors (Lipinski definition) is 5. The molecule has 1 rings (SSSR count). The van der Waals surface area contributed by atoms with E-state index in [1.165, 1.54) is 0 Å². The van der Waals surface area contributed by atoms with Gasteiger partial charge in [-0.15, -0.1) is 10.2 Å². The maximum Gasteiger partial charge on any atom is 0.271 e. The van der Waals surface area contributed by atoms with Crippen LogP contribution < -0.4 is 16.4 Å². The van der Waals surface area contributed by atoms with E-state index >= 15 is 0 Å². The minimum Gasteiger partial charge on any atom is -0.369 e. The lowest BCUT2D eigenvalue weighted by Gasteiger charge is -2.07. The smallest absolute Gasteiger partial charge is 0.271 e. The molecule has 0 fully saturated rings. The molecule has 1 aromatic heterocycles. The zero-order valence-electron chi connectivity index (χ0n) is 10.2. The molecule has 1 unspecified atom stereocenters. The third-order valence-electron chi connectivity index (χ3n) is 2.14. The van der Waals surface area contributed by atoms with Gasteiger partial charge in [-0.1, -0.05) is 0 Å². The zero-order chi connectivity index (χ0) is 12.7. The van der Waals surface area contributed by atoms with Crippen molar-refractivity contribution in [1.82, 2.24) is 15.5 Å². The summed E-state index contributed by atoms with van der Waals surface area (Å²) in [5, 5.41) is 13.5. The third kappa shape index (κ3) is 4.78. The molecule has 1 amide bonds. The molecule has 4 N–H and O–H groups in total. The number of rotatable bonds is 6. The van der Waals surface area contributed by atoms with Gasteiger partial charge < -0.3 is 16.4 Å². The van der Waals surface area contributed by atoms with Gasteiger partial charge in [-0.25, -0.2) is 0 Å². The third-order valence-corrected chi connectivity index (χ3v) is 2.14. The molecule has 94 valence electrons. The number of aromatic nitrogens is 2. The summed E-state index contributed by atoms with van der Waals surface area (Å²) in [4.78, 5) is 11.4. The Morgan fingerprint density at radius 1 is 1.47 bits per heavy atom. The van der Waals surface area contributed by atoms with Crippen LogP contribution in [0, 0.1) is 0 Å². The van der Waals surface area contributed by atoms with E-state index in [0.717, 1.165) is 13.0 Å². The van der Waals surface area contributed by atoms with Crippen molar-refractivity contribution in [2.45, 2.75) is 26.3 Å². The van der Waals surface area contributed by atoms with E-state index in [9.17, 15) is 4.79 Å². The highest BCUT2D eigenvalue weighted by Crippen LogP contribution is 2.02. The highest BCUT2D eigenvalue weighted by Gasteiger charge is 2.06. The van der Waals surface area contributed by atoms with Gasteiger partial charge in [0.15, 0.2) is 5.69 Å². The Hall–Kier alpha value is -1.69. The molecule has 0 saturated heterocycles. The Morgan fingerprint density at radius 2 is 2.24 bits per heavy atom. The van der Waals surface area contributed by atoms with Crippen LogP contribution >= 0.6 is 0 Å². The second-order valence-electron chi connectivity index (χ2n) is 3.86. The minimum atomic E-state index is -0.206. The molecule has 0 bridgehead atoms. The number of carbonyl (C=O) groups excluding carboxylic acids is 1. The Labute approximate surface area is 101 Å². The summed E-state index contributed by atoms with van der Waals surface area (Å²) in [5.74, 6) is 0.445. The minimum absolute atomic E-state index is 0.157. The average molecular weight is 237 g/mol. The molecule has 0 aromatic carbocycles. The van der Waals surface area contributed by atoms with Crippen molar-refractivity contribution in [3.63, 3.8) is 0 Å². The van der Waals surface area contributed by atoms with E-state index < -0.39 is 0 Å². The second kappa shape index (κ2) is 6.80. The second-order valence-corrected chi connectivity index (χ2v) is 3.86. The van der Waals surface area contributed by atoms with Crippen LogP contribution in [-0.4, -0.2) is 35.2 Å². The van der Waals surface area contributed by atoms with Gasteiger partial charge in [0.1, 0.15) is 5.82 Å². The molecule has 17 heavy (non-hydrogen) atoms. The predicted octanol–water partition coefficient (Wildman–Crippen LogP) is 0.376. The van der Waals surface area contributed by atoms with Crippen LogP contribution in [0.1, 0.15) is 30.8 Å². The molecule has 6 heteroatoms. The highest BCUT2D eigenvalue weighted by atomic mass is 16.1. The van der Waals surface area contributed by atoms with Gasteiger partial charge in [-0.2, -0.15) is 0 Å². The van der Waals surface area contributed by atoms with Crippen molar-refractivity contribution in [2.24, 2.45) is 5.73 Å². The topological polar surface area (TPSA) is 92.9 Å². The lowest BCUT2D eigenvalue weighted by Crippen LogP contribution is -2.24. The summed E-state index contributed by atoms with van der Waals surface area (Å²) >= 11 is 0. The maximum absolute atomic E-state index is 11.4. The van der Waals surface area contributed by atoms with Crippen molar-refractivity contribution in [2.75, 3.05) is 18.4 Å². The fourth-order valence-corrected chi connectivity index (χ4v) is 1.23. The van der Waals surface area contributed by atoms with Crippen molar-refractivity contribution < 1.29 is 4.79 Å². The number of anilines is 1. The Kier molecular flexibility index (Phi) is 5.35. The first kappa shape index (κ1) is 13.4. The number of hydrogen-bond donors (Lipinski definition) is 3. The Bertz CT molecular complexity index is 349. The molecule has 1 aromatic rings. The monoisotopic (exact) mass is 237 g/mol. The molecule has 0 saturated carbocycles. The van der Waals surface area contributed by atoms with Crippen LogP contribution in [-0.2, 0) is 0 Å². The summed E-state index contributed by atoms with van der Waals surface area (Å²) in [6, 6.07) is 3.54. The van der Waals surface area contributed by atoms with E-state index in [0.29, 0.717) is 18.1 Å². The van der Waals surface area contributed by atoms with Gasteiger partial charge in [0.25, 0.3) is 5.91 Å². The van der Waals surface area contributed by atoms with Crippen LogP contribution in [0.25, 0.3) is 0 Å². The van der Waals surface area contributed by atoms with Crippen LogP contribution in [0.2, 0.25) is 0 Å². The lowest BCUT2D eigenvalue weighted by atomic mass is 10.2. The lowest BCUT2D eigenvalue weighted by molar-refractivity contribution is 0.0950. The number of carbonyl (C=O) groups is 1. The van der Waals surface area contributed by atoms with Gasteiger partial charge in [0.2, 0.25) is 0 Å². The quantitative estimate of drug-likeness (QED) is 0.665. The van der Waals surface area contributed by atoms with Crippen molar-refractivity contribution in [3.8, 4) is 0 Å². The summed E-state index contributed by atoms with van der Waals surface area (Å²) in [7, 11) is 0. The SMILES string of the molecule is CCNC(=O)c1ccc(NCCC(C)N)nn1. The standard InChI is InChI=1S/C11H19N5O/c1-3-13-11(17)9-4-5-10(16-15-9)14-7-6-8(2)12/h4-5,8H,3,6-7,12H2,1-2H3,(H,13,17)(H,14,16). The van der Waals surface area contributed by atoms with Crippen LogP contribution in [0.15, 0.2) is 12.1 Å². The van der Waals surface area contributed by atoms with E-state index in [1.54, 1.807) is 12.1 Å². The van der Waals surface area contributed by atoms with Gasteiger partial charge in [-0.3, -0.25) is 4.79 Å². The van der Waals surface area contributed by atoms with Gasteiger partial charge in [0, 0.05) is 19.1 Å². The van der Waals surface area contributed by atoms with E-state index in [4.69, 9.17) is 5.73 Å². The van der Waals surface area contributed by atoms with Gasteiger partial charge >= 0.3 is 0 Å². The zero-order valence-corrected chi connectivity index (χ0v) is 10.2. The van der Waals surface area contributed by atoms with Gasteiger partial charge in [-0.05, 0) is 32.4 Å². The maximum atomic E-state index is 11.4. The average Bonchev–Trinajstić information content (AvgIpc) is 2.30. The largest absolute Gasteiger partial charge is 0.369 e. The molecule has 0 spiro atoms. The number of nitrogens with two attached hydrogens (primary N) is 1. The van der Waals surface area contributed by atoms with Crippen molar-refractivity contribution >= 4 is 11.7 Å². The van der Waals surface area contributed by atoms with E-state index in [1.807, 2.05) is 13.8 Å². The number of nitrogens with zero attached hydrogens (tertiary/aromatic N) is 2. The first-order valence-corrected chi connectivity index (χ1v) is 5.75. The van der Waals surface area contributed by atoms with Crippen molar-refractivity contribution in [3.05, 3.63) is 17.8 Å². The molecular weight excluding hydrogens is 218 g/mol. The molecule has 0 aliphatic rings. The first-order valence-electron chi connectivity index (χ1n) is 5.75. The highest BCUT2D eigenvalue weighted by molar-refractivity contribution is 5.92. The Morgan fingerprint density at radius 3 is 2.76 bits per heavy atom. The summed E-state index contributed by atoms with van der Waals surface area (Å²) < 4.78 is 0. The molecule has 0 radical (unpaired) electrons. The molecule has 6 nitrogen and oxygen atoms in total. The fraction of sp³-hybridized carbons (Fsp3) is 0.545. The van der Waals surface area contributed by atoms with E-state index in [-0.39, 0.29) is 11.9 Å². The number of amides is 1. The summed E-state index contributed by atoms with van der Waals surface area (Å²) in [6.07, 6.45) is 0.861. The summed E-state index contributed by atoms with van der Waals surface area (Å²) in [5.41, 5.74) is 5.95. The summed E-state index contributed by atoms with van der Waals surface area (Å²) in [6.45, 7) is 5.13. The molecule has 0 aliphatic heterocycles. The molecule has 1 atom stereocenters. The van der Waals surface area contributed by atoms with Crippen LogP contribution in [0.4, 0.5) is 5.82 Å². The van der Waals surface area contributed by atoms with Gasteiger partial charge in [0.05, 0.1) is 0 Å². The molecule has 1 heterocycles. The normalized spacial score (nSPS) is 11.9. The molecule has 0 aliphatic carbocycles. The Balaban J connectivity index is 2.47. The number of nitrogens with one attached hydrogen (secondary N) is 2. The van der Waals surface area contributed by atoms with Crippen molar-refractivity contribution in [1.29, 1.82) is 0 Å². The predicted molar refractivity (Wildman–Crippen MR) is 66.8 cm³/mol. The first-order chi connectivity index (χ1) is 8.13. The van der Waals surface area contributed by atoms with E-state index in [2.05, 4.69) is 20.8 Å². The van der Waals surface area contributed by atoms with Crippen LogP contribution in [0.3, 0.4) is 0 Å².